The number of carbonyl (C=O) groups is 3. The number of thiophene rings is 1. The first kappa shape index (κ1) is 20.2. The third-order valence-corrected chi connectivity index (χ3v) is 5.29. The average molecular weight is 412 g/mol. The number of hydrogen-bond acceptors (Lipinski definition) is 5. The summed E-state index contributed by atoms with van der Waals surface area (Å²) >= 11 is 0.946. The van der Waals surface area contributed by atoms with Gasteiger partial charge in [0.05, 0.1) is 17.6 Å². The smallest absolute Gasteiger partial charge is 0.341 e. The van der Waals surface area contributed by atoms with E-state index in [0.717, 1.165) is 17.4 Å². The van der Waals surface area contributed by atoms with Gasteiger partial charge < -0.3 is 15.4 Å². The van der Waals surface area contributed by atoms with Crippen LogP contribution >= 0.6 is 11.3 Å². The summed E-state index contributed by atoms with van der Waals surface area (Å²) in [5.41, 5.74) is 1.14. The van der Waals surface area contributed by atoms with E-state index in [2.05, 4.69) is 10.6 Å². The molecule has 0 unspecified atom stereocenters. The number of methoxy groups -OCH3 is 1. The van der Waals surface area contributed by atoms with E-state index >= 15 is 0 Å². The zero-order chi connectivity index (χ0) is 21.0. The van der Waals surface area contributed by atoms with Gasteiger partial charge in [0, 0.05) is 11.3 Å². The van der Waals surface area contributed by atoms with Crippen molar-refractivity contribution < 1.29 is 23.5 Å². The average Bonchev–Trinajstić information content (AvgIpc) is 3.04. The molecular weight excluding hydrogens is 395 g/mol. The highest BCUT2D eigenvalue weighted by molar-refractivity contribution is 7.19. The van der Waals surface area contributed by atoms with E-state index in [9.17, 15) is 18.8 Å². The number of para-hydroxylation sites is 1. The zero-order valence-corrected chi connectivity index (χ0v) is 16.4. The molecule has 0 bridgehead atoms. The summed E-state index contributed by atoms with van der Waals surface area (Å²) in [7, 11) is 1.21. The quantitative estimate of drug-likeness (QED) is 0.605. The third kappa shape index (κ3) is 4.49. The number of benzene rings is 2. The standard InChI is InChI=1S/C21H17FN2O4S/c1-12-16(21(27)28-2)20(24-18(25)13-7-6-8-14(22)11-13)29-17(12)19(26)23-15-9-4-3-5-10-15/h3-11H,1-2H3,(H,23,26)(H,24,25). The van der Waals surface area contributed by atoms with Crippen LogP contribution in [0.3, 0.4) is 0 Å². The maximum Gasteiger partial charge on any atom is 0.341 e. The van der Waals surface area contributed by atoms with Crippen LogP contribution in [0, 0.1) is 12.7 Å². The lowest BCUT2D eigenvalue weighted by Gasteiger charge is -2.06. The van der Waals surface area contributed by atoms with Crippen LogP contribution in [-0.4, -0.2) is 24.9 Å². The molecule has 6 nitrogen and oxygen atoms in total. The molecule has 2 N–H and O–H groups in total. The van der Waals surface area contributed by atoms with E-state index in [0.29, 0.717) is 11.3 Å². The van der Waals surface area contributed by atoms with Gasteiger partial charge in [0.1, 0.15) is 10.8 Å². The van der Waals surface area contributed by atoms with Crippen molar-refractivity contribution in [3.05, 3.63) is 82.0 Å². The largest absolute Gasteiger partial charge is 0.465 e. The van der Waals surface area contributed by atoms with E-state index in [1.165, 1.54) is 25.3 Å². The van der Waals surface area contributed by atoms with Gasteiger partial charge in [0.2, 0.25) is 0 Å². The molecule has 0 aliphatic rings. The summed E-state index contributed by atoms with van der Waals surface area (Å²) < 4.78 is 18.2. The Balaban J connectivity index is 1.94. The number of esters is 1. The van der Waals surface area contributed by atoms with Crippen LogP contribution in [0.25, 0.3) is 0 Å². The molecule has 0 saturated carbocycles. The molecular formula is C21H17FN2O4S. The Morgan fingerprint density at radius 2 is 1.69 bits per heavy atom. The van der Waals surface area contributed by atoms with Gasteiger partial charge in [-0.3, -0.25) is 9.59 Å². The van der Waals surface area contributed by atoms with Crippen LogP contribution in [0.4, 0.5) is 15.1 Å². The van der Waals surface area contributed by atoms with E-state index in [1.807, 2.05) is 6.07 Å². The molecule has 148 valence electrons. The van der Waals surface area contributed by atoms with Crippen LogP contribution in [0.2, 0.25) is 0 Å². The second kappa shape index (κ2) is 8.66. The first-order chi connectivity index (χ1) is 13.9. The molecule has 0 fully saturated rings. The molecule has 29 heavy (non-hydrogen) atoms. The highest BCUT2D eigenvalue weighted by Gasteiger charge is 2.26. The lowest BCUT2D eigenvalue weighted by molar-refractivity contribution is 0.0601. The Bertz CT molecular complexity index is 1080. The molecule has 2 amide bonds. The predicted molar refractivity (Wildman–Crippen MR) is 109 cm³/mol. The third-order valence-electron chi connectivity index (χ3n) is 4.09. The van der Waals surface area contributed by atoms with Gasteiger partial charge in [0.25, 0.3) is 11.8 Å². The van der Waals surface area contributed by atoms with Crippen LogP contribution in [-0.2, 0) is 4.74 Å². The fourth-order valence-corrected chi connectivity index (χ4v) is 3.77. The number of amides is 2. The number of rotatable bonds is 5. The molecule has 0 aliphatic heterocycles. The molecule has 0 atom stereocenters. The Morgan fingerprint density at radius 3 is 2.34 bits per heavy atom. The highest BCUT2D eigenvalue weighted by atomic mass is 32.1. The van der Waals surface area contributed by atoms with Gasteiger partial charge in [0.15, 0.2) is 0 Å². The molecule has 0 radical (unpaired) electrons. The summed E-state index contributed by atoms with van der Waals surface area (Å²) in [6.45, 7) is 1.60. The summed E-state index contributed by atoms with van der Waals surface area (Å²) in [6, 6.07) is 14.0. The lowest BCUT2D eigenvalue weighted by Crippen LogP contribution is -2.14. The summed E-state index contributed by atoms with van der Waals surface area (Å²) in [4.78, 5) is 37.7. The molecule has 3 rings (SSSR count). The van der Waals surface area contributed by atoms with Crippen molar-refractivity contribution in [3.8, 4) is 0 Å². The predicted octanol–water partition coefficient (Wildman–Crippen LogP) is 4.49. The molecule has 1 aromatic heterocycles. The van der Waals surface area contributed by atoms with E-state index in [4.69, 9.17) is 4.74 Å². The first-order valence-corrected chi connectivity index (χ1v) is 9.37. The molecule has 2 aromatic carbocycles. The van der Waals surface area contributed by atoms with Gasteiger partial charge in [-0.2, -0.15) is 0 Å². The van der Waals surface area contributed by atoms with Crippen molar-refractivity contribution >= 4 is 39.8 Å². The van der Waals surface area contributed by atoms with E-state index in [-0.39, 0.29) is 21.0 Å². The summed E-state index contributed by atoms with van der Waals surface area (Å²) in [6.07, 6.45) is 0. The maximum atomic E-state index is 13.4. The van der Waals surface area contributed by atoms with Crippen LogP contribution in [0.5, 0.6) is 0 Å². The van der Waals surface area contributed by atoms with Crippen molar-refractivity contribution in [2.75, 3.05) is 17.7 Å². The Kier molecular flexibility index (Phi) is 6.04. The second-order valence-electron chi connectivity index (χ2n) is 6.04. The van der Waals surface area contributed by atoms with Crippen molar-refractivity contribution in [2.24, 2.45) is 0 Å². The van der Waals surface area contributed by atoms with Gasteiger partial charge in [-0.25, -0.2) is 9.18 Å². The number of hydrogen-bond donors (Lipinski definition) is 2. The molecule has 1 heterocycles. The number of ether oxygens (including phenoxy) is 1. The Morgan fingerprint density at radius 1 is 0.966 bits per heavy atom. The highest BCUT2D eigenvalue weighted by Crippen LogP contribution is 2.34. The lowest BCUT2D eigenvalue weighted by atomic mass is 10.1. The first-order valence-electron chi connectivity index (χ1n) is 8.55. The minimum atomic E-state index is -0.688. The van der Waals surface area contributed by atoms with Gasteiger partial charge >= 0.3 is 5.97 Å². The van der Waals surface area contributed by atoms with Crippen molar-refractivity contribution in [2.45, 2.75) is 6.92 Å². The Hall–Kier alpha value is -3.52. The monoisotopic (exact) mass is 412 g/mol. The van der Waals surface area contributed by atoms with Crippen molar-refractivity contribution in [1.82, 2.24) is 0 Å². The maximum absolute atomic E-state index is 13.4. The van der Waals surface area contributed by atoms with Gasteiger partial charge in [-0.05, 0) is 42.8 Å². The minimum absolute atomic E-state index is 0.0838. The second-order valence-corrected chi connectivity index (χ2v) is 7.06. The molecule has 8 heteroatoms. The van der Waals surface area contributed by atoms with Gasteiger partial charge in [-0.15, -0.1) is 11.3 Å². The fourth-order valence-electron chi connectivity index (χ4n) is 2.68. The SMILES string of the molecule is COC(=O)c1c(NC(=O)c2cccc(F)c2)sc(C(=O)Nc2ccccc2)c1C. The summed E-state index contributed by atoms with van der Waals surface area (Å²) in [5, 5.41) is 5.48. The summed E-state index contributed by atoms with van der Waals surface area (Å²) in [5.74, 6) is -2.27. The van der Waals surface area contributed by atoms with Gasteiger partial charge in [-0.1, -0.05) is 24.3 Å². The number of halogens is 1. The number of carbonyl (C=O) groups excluding carboxylic acids is 3. The van der Waals surface area contributed by atoms with Crippen LogP contribution < -0.4 is 10.6 Å². The van der Waals surface area contributed by atoms with Crippen molar-refractivity contribution in [1.29, 1.82) is 0 Å². The molecule has 0 spiro atoms. The fraction of sp³-hybridized carbons (Fsp3) is 0.0952. The normalized spacial score (nSPS) is 10.3. The zero-order valence-electron chi connectivity index (χ0n) is 15.6. The minimum Gasteiger partial charge on any atom is -0.465 e. The number of anilines is 2. The molecule has 3 aromatic rings. The van der Waals surface area contributed by atoms with E-state index < -0.39 is 23.6 Å². The molecule has 0 aliphatic carbocycles. The van der Waals surface area contributed by atoms with Crippen molar-refractivity contribution in [3.63, 3.8) is 0 Å². The topological polar surface area (TPSA) is 84.5 Å². The number of nitrogens with one attached hydrogen (secondary N) is 2. The van der Waals surface area contributed by atoms with Crippen LogP contribution in [0.15, 0.2) is 54.6 Å². The van der Waals surface area contributed by atoms with E-state index in [1.54, 1.807) is 31.2 Å². The Labute approximate surface area is 170 Å². The molecule has 0 saturated heterocycles. The van der Waals surface area contributed by atoms with Crippen LogP contribution in [0.1, 0.15) is 36.0 Å².